The molecule has 0 aliphatic carbocycles. The molecule has 0 radical (unpaired) electrons. The molecule has 2 rings (SSSR count). The van der Waals surface area contributed by atoms with Crippen LogP contribution in [-0.2, 0) is 4.74 Å². The van der Waals surface area contributed by atoms with E-state index in [-0.39, 0.29) is 5.54 Å². The minimum Gasteiger partial charge on any atom is -0.381 e. The van der Waals surface area contributed by atoms with Gasteiger partial charge in [0.25, 0.3) is 0 Å². The van der Waals surface area contributed by atoms with Gasteiger partial charge >= 0.3 is 0 Å². The van der Waals surface area contributed by atoms with Crippen molar-refractivity contribution >= 4 is 34.8 Å². The molecule has 0 unspecified atom stereocenters. The zero-order valence-electron chi connectivity index (χ0n) is 10.1. The Morgan fingerprint density at radius 3 is 2.50 bits per heavy atom. The van der Waals surface area contributed by atoms with Gasteiger partial charge in [0.1, 0.15) is 5.82 Å². The van der Waals surface area contributed by atoms with E-state index in [9.17, 15) is 0 Å². The lowest BCUT2D eigenvalue weighted by Gasteiger charge is -2.35. The van der Waals surface area contributed by atoms with E-state index in [4.69, 9.17) is 33.8 Å². The van der Waals surface area contributed by atoms with E-state index in [1.54, 1.807) is 6.07 Å². The van der Waals surface area contributed by atoms with Crippen LogP contribution in [0.15, 0.2) is 6.07 Å². The van der Waals surface area contributed by atoms with E-state index in [0.29, 0.717) is 21.7 Å². The third kappa shape index (κ3) is 2.98. The van der Waals surface area contributed by atoms with Crippen LogP contribution < -0.4 is 16.6 Å². The third-order valence-corrected chi connectivity index (χ3v) is 3.66. The molecule has 1 aromatic rings. The van der Waals surface area contributed by atoms with Gasteiger partial charge in [0, 0.05) is 18.8 Å². The minimum atomic E-state index is -0.0748. The van der Waals surface area contributed by atoms with Crippen LogP contribution in [0.1, 0.15) is 19.8 Å². The largest absolute Gasteiger partial charge is 0.381 e. The van der Waals surface area contributed by atoms with Crippen molar-refractivity contribution in [3.8, 4) is 0 Å². The molecule has 0 spiro atoms. The Kier molecular flexibility index (Phi) is 4.17. The molecular formula is C11H16Cl2N4O. The molecule has 4 N–H and O–H groups in total. The summed E-state index contributed by atoms with van der Waals surface area (Å²) in [7, 11) is 0. The summed E-state index contributed by atoms with van der Waals surface area (Å²) in [4.78, 5) is 4.28. The summed E-state index contributed by atoms with van der Waals surface area (Å²) in [6, 6.07) is 1.62. The van der Waals surface area contributed by atoms with Gasteiger partial charge in [-0.25, -0.2) is 10.8 Å². The average Bonchev–Trinajstić information content (AvgIpc) is 2.33. The average molecular weight is 291 g/mol. The van der Waals surface area contributed by atoms with Crippen molar-refractivity contribution < 1.29 is 4.74 Å². The van der Waals surface area contributed by atoms with Crippen molar-refractivity contribution in [3.63, 3.8) is 0 Å². The van der Waals surface area contributed by atoms with Gasteiger partial charge in [-0.05, 0) is 25.8 Å². The molecule has 18 heavy (non-hydrogen) atoms. The molecule has 1 aliphatic rings. The van der Waals surface area contributed by atoms with Crippen molar-refractivity contribution in [3.05, 3.63) is 16.1 Å². The quantitative estimate of drug-likeness (QED) is 0.590. The number of hydrogen-bond acceptors (Lipinski definition) is 5. The van der Waals surface area contributed by atoms with E-state index in [0.717, 1.165) is 26.1 Å². The SMILES string of the molecule is CC1(Nc2nc(NN)c(Cl)cc2Cl)CCOCC1. The second-order valence-electron chi connectivity index (χ2n) is 4.59. The van der Waals surface area contributed by atoms with Gasteiger partial charge in [-0.15, -0.1) is 0 Å². The Hall–Kier alpha value is -0.750. The van der Waals surface area contributed by atoms with Crippen molar-refractivity contribution in [2.45, 2.75) is 25.3 Å². The fraction of sp³-hybridized carbons (Fsp3) is 0.545. The highest BCUT2D eigenvalue weighted by Crippen LogP contribution is 2.32. The van der Waals surface area contributed by atoms with Gasteiger partial charge in [-0.3, -0.25) is 0 Å². The van der Waals surface area contributed by atoms with Crippen molar-refractivity contribution in [2.75, 3.05) is 24.0 Å². The van der Waals surface area contributed by atoms with E-state index in [1.807, 2.05) is 0 Å². The maximum atomic E-state index is 6.13. The first kappa shape index (κ1) is 13.7. The van der Waals surface area contributed by atoms with E-state index in [2.05, 4.69) is 22.7 Å². The molecule has 1 saturated heterocycles. The number of pyridine rings is 1. The number of nitrogens with zero attached hydrogens (tertiary/aromatic N) is 1. The molecule has 0 aromatic carbocycles. The van der Waals surface area contributed by atoms with E-state index in [1.165, 1.54) is 0 Å². The summed E-state index contributed by atoms with van der Waals surface area (Å²) in [5, 5.41) is 4.22. The standard InChI is InChI=1S/C11H16Cl2N4O/c1-11(2-4-18-5-3-11)16-9-7(12)6-8(13)10(15-9)17-14/h6H,2-5,14H2,1H3,(H2,15,16,17). The number of halogens is 2. The molecule has 0 bridgehead atoms. The first-order valence-corrected chi connectivity index (χ1v) is 6.48. The van der Waals surface area contributed by atoms with Crippen LogP contribution in [0.2, 0.25) is 10.0 Å². The highest BCUT2D eigenvalue weighted by molar-refractivity contribution is 6.37. The Bertz CT molecular complexity index is 435. The van der Waals surface area contributed by atoms with Gasteiger partial charge in [0.2, 0.25) is 0 Å². The second-order valence-corrected chi connectivity index (χ2v) is 5.41. The molecule has 1 aliphatic heterocycles. The summed E-state index contributed by atoms with van der Waals surface area (Å²) in [6.45, 7) is 3.59. The molecule has 5 nitrogen and oxygen atoms in total. The number of anilines is 2. The smallest absolute Gasteiger partial charge is 0.161 e. The minimum absolute atomic E-state index is 0.0748. The third-order valence-electron chi connectivity index (χ3n) is 3.08. The monoisotopic (exact) mass is 290 g/mol. The maximum Gasteiger partial charge on any atom is 0.161 e. The molecule has 1 aromatic heterocycles. The molecule has 100 valence electrons. The zero-order chi connectivity index (χ0) is 13.2. The number of hydrogen-bond donors (Lipinski definition) is 3. The van der Waals surface area contributed by atoms with Gasteiger partial charge in [-0.2, -0.15) is 0 Å². The first-order chi connectivity index (χ1) is 8.54. The molecule has 0 atom stereocenters. The summed E-state index contributed by atoms with van der Waals surface area (Å²) in [5.41, 5.74) is 2.37. The fourth-order valence-electron chi connectivity index (χ4n) is 1.89. The Balaban J connectivity index is 2.22. The van der Waals surface area contributed by atoms with Crippen molar-refractivity contribution in [2.24, 2.45) is 5.84 Å². The van der Waals surface area contributed by atoms with Crippen LogP contribution in [0.4, 0.5) is 11.6 Å². The summed E-state index contributed by atoms with van der Waals surface area (Å²) >= 11 is 12.1. The summed E-state index contributed by atoms with van der Waals surface area (Å²) < 4.78 is 5.35. The predicted octanol–water partition coefficient (Wildman–Crippen LogP) is 2.66. The van der Waals surface area contributed by atoms with Crippen LogP contribution in [-0.4, -0.2) is 23.7 Å². The van der Waals surface area contributed by atoms with Gasteiger partial charge in [-0.1, -0.05) is 23.2 Å². The number of rotatable bonds is 3. The molecule has 0 saturated carbocycles. The van der Waals surface area contributed by atoms with Gasteiger partial charge < -0.3 is 15.5 Å². The molecule has 7 heteroatoms. The topological polar surface area (TPSA) is 72.2 Å². The highest BCUT2D eigenvalue weighted by Gasteiger charge is 2.28. The lowest BCUT2D eigenvalue weighted by molar-refractivity contribution is 0.0657. The number of aromatic nitrogens is 1. The van der Waals surface area contributed by atoms with Gasteiger partial charge in [0.05, 0.1) is 10.0 Å². The number of nitrogen functional groups attached to an aromatic ring is 1. The van der Waals surface area contributed by atoms with E-state index < -0.39 is 0 Å². The van der Waals surface area contributed by atoms with Crippen LogP contribution in [0.5, 0.6) is 0 Å². The zero-order valence-corrected chi connectivity index (χ0v) is 11.6. The van der Waals surface area contributed by atoms with Crippen molar-refractivity contribution in [1.82, 2.24) is 4.98 Å². The van der Waals surface area contributed by atoms with Crippen LogP contribution in [0, 0.1) is 0 Å². The molecule has 2 heterocycles. The maximum absolute atomic E-state index is 6.13. The second kappa shape index (κ2) is 5.48. The number of ether oxygens (including phenoxy) is 1. The highest BCUT2D eigenvalue weighted by atomic mass is 35.5. The molecule has 1 fully saturated rings. The number of nitrogens with two attached hydrogens (primary N) is 1. The Labute approximate surface area is 116 Å². The van der Waals surface area contributed by atoms with Crippen LogP contribution in [0.3, 0.4) is 0 Å². The van der Waals surface area contributed by atoms with E-state index >= 15 is 0 Å². The first-order valence-electron chi connectivity index (χ1n) is 5.73. The van der Waals surface area contributed by atoms with Crippen molar-refractivity contribution in [1.29, 1.82) is 0 Å². The Morgan fingerprint density at radius 2 is 1.89 bits per heavy atom. The molecule has 0 amide bonds. The number of nitrogens with one attached hydrogen (secondary N) is 2. The Morgan fingerprint density at radius 1 is 1.28 bits per heavy atom. The van der Waals surface area contributed by atoms with Crippen LogP contribution >= 0.6 is 23.2 Å². The number of hydrazine groups is 1. The lowest BCUT2D eigenvalue weighted by Crippen LogP contribution is -2.41. The lowest BCUT2D eigenvalue weighted by atomic mass is 9.92. The summed E-state index contributed by atoms with van der Waals surface area (Å²) in [6.07, 6.45) is 1.80. The normalized spacial score (nSPS) is 18.4. The summed E-state index contributed by atoms with van der Waals surface area (Å²) in [5.74, 6) is 6.33. The van der Waals surface area contributed by atoms with Gasteiger partial charge in [0.15, 0.2) is 5.82 Å². The fourth-order valence-corrected chi connectivity index (χ4v) is 2.35. The molecular weight excluding hydrogens is 275 g/mol. The van der Waals surface area contributed by atoms with Crippen LogP contribution in [0.25, 0.3) is 0 Å². The predicted molar refractivity (Wildman–Crippen MR) is 74.1 cm³/mol.